The lowest BCUT2D eigenvalue weighted by molar-refractivity contribution is 0.782. The molecule has 1 fully saturated rings. The fourth-order valence-electron chi connectivity index (χ4n) is 4.18. The maximum atomic E-state index is 3.64. The zero-order valence-electron chi connectivity index (χ0n) is 16.0. The van der Waals surface area contributed by atoms with Crippen molar-refractivity contribution in [2.75, 3.05) is 16.3 Å². The van der Waals surface area contributed by atoms with Gasteiger partial charge in [0, 0.05) is 24.0 Å². The van der Waals surface area contributed by atoms with E-state index in [1.807, 2.05) is 0 Å². The summed E-state index contributed by atoms with van der Waals surface area (Å²) in [7, 11) is 0. The van der Waals surface area contributed by atoms with Crippen LogP contribution in [0.15, 0.2) is 24.3 Å². The summed E-state index contributed by atoms with van der Waals surface area (Å²) in [6.07, 6.45) is 0. The van der Waals surface area contributed by atoms with E-state index in [1.165, 1.54) is 44.8 Å². The molecule has 2 aromatic carbocycles. The van der Waals surface area contributed by atoms with Gasteiger partial charge in [0.15, 0.2) is 0 Å². The highest BCUT2D eigenvalue weighted by Crippen LogP contribution is 2.37. The van der Waals surface area contributed by atoms with Crippen molar-refractivity contribution in [3.8, 4) is 0 Å². The van der Waals surface area contributed by atoms with E-state index in [0.29, 0.717) is 6.04 Å². The van der Waals surface area contributed by atoms with Gasteiger partial charge >= 0.3 is 0 Å². The van der Waals surface area contributed by atoms with Crippen molar-refractivity contribution >= 4 is 11.4 Å². The van der Waals surface area contributed by atoms with Crippen molar-refractivity contribution in [1.82, 2.24) is 0 Å². The molecule has 2 nitrogen and oxygen atoms in total. The van der Waals surface area contributed by atoms with E-state index in [2.05, 4.69) is 89.2 Å². The van der Waals surface area contributed by atoms with Crippen LogP contribution in [-0.4, -0.2) is 12.6 Å². The van der Waals surface area contributed by atoms with Crippen LogP contribution in [0.2, 0.25) is 0 Å². The van der Waals surface area contributed by atoms with Crippen LogP contribution in [0.1, 0.15) is 40.3 Å². The first-order chi connectivity index (χ1) is 11.3. The topological polar surface area (TPSA) is 6.48 Å². The molecule has 2 radical (unpaired) electrons. The molecular weight excluding hydrogens is 292 g/mol. The fraction of sp³-hybridized carbons (Fsp3) is 0.409. The molecule has 1 heterocycles. The SMILES string of the molecule is Cc1cc(C)c(N2[C]N(c3c(C)cc(C)cc3C)C(C)C2)c(C)c1. The molecule has 126 valence electrons. The Morgan fingerprint density at radius 1 is 0.750 bits per heavy atom. The van der Waals surface area contributed by atoms with Gasteiger partial charge < -0.3 is 9.80 Å². The summed E-state index contributed by atoms with van der Waals surface area (Å²) < 4.78 is 0. The molecule has 1 aliphatic rings. The third kappa shape index (κ3) is 2.90. The molecule has 0 aliphatic carbocycles. The highest BCUT2D eigenvalue weighted by atomic mass is 15.4. The van der Waals surface area contributed by atoms with Gasteiger partial charge in [0.05, 0.1) is 0 Å². The first-order valence-electron chi connectivity index (χ1n) is 8.76. The molecule has 1 unspecified atom stereocenters. The zero-order chi connectivity index (χ0) is 17.6. The first kappa shape index (κ1) is 16.9. The Bertz CT molecular complexity index is 730. The molecule has 0 saturated carbocycles. The van der Waals surface area contributed by atoms with E-state index >= 15 is 0 Å². The third-order valence-corrected chi connectivity index (χ3v) is 4.90. The second-order valence-corrected chi connectivity index (χ2v) is 7.42. The third-order valence-electron chi connectivity index (χ3n) is 4.90. The van der Waals surface area contributed by atoms with Crippen LogP contribution in [0.25, 0.3) is 0 Å². The normalized spacial score (nSPS) is 17.7. The van der Waals surface area contributed by atoms with Crippen molar-refractivity contribution in [3.63, 3.8) is 0 Å². The molecule has 0 aromatic heterocycles. The Morgan fingerprint density at radius 2 is 1.17 bits per heavy atom. The summed E-state index contributed by atoms with van der Waals surface area (Å²) in [5.41, 5.74) is 10.6. The van der Waals surface area contributed by atoms with Gasteiger partial charge in [-0.05, 0) is 70.7 Å². The van der Waals surface area contributed by atoms with Gasteiger partial charge in [0.25, 0.3) is 0 Å². The molecule has 1 aliphatic heterocycles. The van der Waals surface area contributed by atoms with Crippen LogP contribution < -0.4 is 9.80 Å². The van der Waals surface area contributed by atoms with Crippen molar-refractivity contribution < 1.29 is 0 Å². The van der Waals surface area contributed by atoms with Crippen molar-refractivity contribution in [2.24, 2.45) is 0 Å². The summed E-state index contributed by atoms with van der Waals surface area (Å²) in [4.78, 5) is 4.62. The summed E-state index contributed by atoms with van der Waals surface area (Å²) in [5, 5.41) is 0. The maximum absolute atomic E-state index is 3.64. The minimum absolute atomic E-state index is 0.408. The Balaban J connectivity index is 1.97. The quantitative estimate of drug-likeness (QED) is 0.746. The predicted molar refractivity (Wildman–Crippen MR) is 104 cm³/mol. The molecule has 2 aromatic rings. The van der Waals surface area contributed by atoms with Gasteiger partial charge in [-0.3, -0.25) is 0 Å². The van der Waals surface area contributed by atoms with Gasteiger partial charge in [-0.1, -0.05) is 35.4 Å². The van der Waals surface area contributed by atoms with Gasteiger partial charge in [-0.2, -0.15) is 0 Å². The fourth-order valence-corrected chi connectivity index (χ4v) is 4.18. The monoisotopic (exact) mass is 320 g/mol. The number of nitrogens with zero attached hydrogens (tertiary/aromatic N) is 2. The van der Waals surface area contributed by atoms with Crippen LogP contribution in [0, 0.1) is 48.2 Å². The average Bonchev–Trinajstić information content (AvgIpc) is 2.78. The van der Waals surface area contributed by atoms with E-state index in [1.54, 1.807) is 0 Å². The van der Waals surface area contributed by atoms with E-state index in [9.17, 15) is 0 Å². The first-order valence-corrected chi connectivity index (χ1v) is 8.76. The number of anilines is 2. The summed E-state index contributed by atoms with van der Waals surface area (Å²) in [5.74, 6) is 0. The second-order valence-electron chi connectivity index (χ2n) is 7.42. The van der Waals surface area contributed by atoms with Crippen LogP contribution in [0.5, 0.6) is 0 Å². The lowest BCUT2D eigenvalue weighted by Gasteiger charge is -2.26. The van der Waals surface area contributed by atoms with Crippen LogP contribution in [0.3, 0.4) is 0 Å². The van der Waals surface area contributed by atoms with Crippen molar-refractivity contribution in [2.45, 2.75) is 54.5 Å². The standard InChI is InChI=1S/C22H28N2/c1-14-8-16(3)21(17(4)9-14)23-12-20(7)24(13-23)22-18(5)10-15(2)11-19(22)6/h8-11,20H,12H2,1-7H3. The number of hydrogen-bond acceptors (Lipinski definition) is 2. The molecule has 0 bridgehead atoms. The molecule has 0 N–H and O–H groups in total. The molecular formula is C22H28N2. The molecule has 0 amide bonds. The van der Waals surface area contributed by atoms with Crippen LogP contribution in [0.4, 0.5) is 11.4 Å². The minimum Gasteiger partial charge on any atom is -0.339 e. The predicted octanol–water partition coefficient (Wildman–Crippen LogP) is 5.25. The summed E-state index contributed by atoms with van der Waals surface area (Å²) in [6, 6.07) is 9.47. The van der Waals surface area contributed by atoms with E-state index < -0.39 is 0 Å². The van der Waals surface area contributed by atoms with E-state index in [-0.39, 0.29) is 0 Å². The Hall–Kier alpha value is -1.96. The van der Waals surface area contributed by atoms with Crippen LogP contribution in [-0.2, 0) is 0 Å². The molecule has 1 atom stereocenters. The second kappa shape index (κ2) is 6.16. The van der Waals surface area contributed by atoms with Gasteiger partial charge in [-0.25, -0.2) is 0 Å². The number of aryl methyl sites for hydroxylation is 6. The van der Waals surface area contributed by atoms with E-state index in [4.69, 9.17) is 0 Å². The molecule has 1 saturated heterocycles. The molecule has 3 rings (SSSR count). The number of rotatable bonds is 2. The maximum Gasteiger partial charge on any atom is 0.209 e. The molecule has 2 heteroatoms. The van der Waals surface area contributed by atoms with E-state index in [0.717, 1.165) is 6.54 Å². The Morgan fingerprint density at radius 3 is 1.62 bits per heavy atom. The molecule has 0 spiro atoms. The van der Waals surface area contributed by atoms with Gasteiger partial charge in [0.2, 0.25) is 6.67 Å². The Kier molecular flexibility index (Phi) is 4.33. The zero-order valence-corrected chi connectivity index (χ0v) is 16.0. The smallest absolute Gasteiger partial charge is 0.209 e. The average molecular weight is 320 g/mol. The Labute approximate surface area is 147 Å². The van der Waals surface area contributed by atoms with Gasteiger partial charge in [-0.15, -0.1) is 0 Å². The highest BCUT2D eigenvalue weighted by molar-refractivity contribution is 5.69. The minimum atomic E-state index is 0.408. The summed E-state index contributed by atoms with van der Waals surface area (Å²) in [6.45, 7) is 20.0. The largest absolute Gasteiger partial charge is 0.339 e. The lowest BCUT2D eigenvalue weighted by Crippen LogP contribution is -2.26. The van der Waals surface area contributed by atoms with Crippen molar-refractivity contribution in [1.29, 1.82) is 0 Å². The number of hydrogen-bond donors (Lipinski definition) is 0. The number of benzene rings is 2. The van der Waals surface area contributed by atoms with Crippen LogP contribution >= 0.6 is 0 Å². The van der Waals surface area contributed by atoms with Crippen molar-refractivity contribution in [3.05, 3.63) is 64.3 Å². The van der Waals surface area contributed by atoms with Gasteiger partial charge in [0.1, 0.15) is 0 Å². The molecule has 24 heavy (non-hydrogen) atoms. The highest BCUT2D eigenvalue weighted by Gasteiger charge is 2.32. The lowest BCUT2D eigenvalue weighted by atomic mass is 10.0. The summed E-state index contributed by atoms with van der Waals surface area (Å²) >= 11 is 0.